The first kappa shape index (κ1) is 42.7. The maximum absolute atomic E-state index is 12.6. The van der Waals surface area contributed by atoms with Crippen LogP contribution < -0.4 is 11.1 Å². The summed E-state index contributed by atoms with van der Waals surface area (Å²) in [4.78, 5) is 22.4. The summed E-state index contributed by atoms with van der Waals surface area (Å²) < 4.78 is 21.9. The van der Waals surface area contributed by atoms with Gasteiger partial charge in [-0.3, -0.25) is 13.8 Å². The van der Waals surface area contributed by atoms with Crippen molar-refractivity contribution in [1.29, 1.82) is 0 Å². The van der Waals surface area contributed by atoms with E-state index >= 15 is 0 Å². The Morgan fingerprint density at radius 3 is 1.82 bits per heavy atom. The number of rotatable bonds is 32. The van der Waals surface area contributed by atoms with Gasteiger partial charge < -0.3 is 21.1 Å². The summed E-state index contributed by atoms with van der Waals surface area (Å²) in [6.45, 7) is 4.02. The third-order valence-electron chi connectivity index (χ3n) is 7.46. The number of phosphoric acid groups is 1. The van der Waals surface area contributed by atoms with Gasteiger partial charge >= 0.3 is 7.82 Å². The van der Waals surface area contributed by atoms with Gasteiger partial charge in [0.15, 0.2) is 0 Å². The number of hydrogen-bond acceptors (Lipinski definition) is 6. The standard InChI is InChI=1S/C35H67N2O6P/c1-3-5-7-9-11-12-13-14-15-16-17-18-19-20-21-23-25-27-29-35(39)37-33(32-43-44(40,41)42-31-30-36)34(38)28-26-24-22-10-8-6-4-2/h12-13,15-16,26,28,33-34,38H,3-11,14,17-25,27,29-32,36H2,1-2H3,(H,37,39)(H,40,41)/b13-12-,16-15-,28-26+. The summed E-state index contributed by atoms with van der Waals surface area (Å²) in [5.74, 6) is -0.209. The Bertz CT molecular complexity index is 789. The molecule has 0 bridgehead atoms. The van der Waals surface area contributed by atoms with Gasteiger partial charge in [-0.15, -0.1) is 0 Å². The maximum Gasteiger partial charge on any atom is 0.472 e. The lowest BCUT2D eigenvalue weighted by atomic mass is 10.1. The van der Waals surface area contributed by atoms with Gasteiger partial charge in [-0.2, -0.15) is 0 Å². The molecule has 0 radical (unpaired) electrons. The van der Waals surface area contributed by atoms with E-state index in [9.17, 15) is 19.4 Å². The second-order valence-corrected chi connectivity index (χ2v) is 13.2. The molecule has 3 unspecified atom stereocenters. The Morgan fingerprint density at radius 2 is 1.25 bits per heavy atom. The number of unbranched alkanes of at least 4 members (excludes halogenated alkanes) is 16. The number of hydrogen-bond donors (Lipinski definition) is 4. The van der Waals surface area contributed by atoms with E-state index in [1.807, 2.05) is 6.08 Å². The molecule has 0 aromatic carbocycles. The Morgan fingerprint density at radius 1 is 0.750 bits per heavy atom. The third-order valence-corrected chi connectivity index (χ3v) is 8.44. The molecule has 0 rings (SSSR count). The van der Waals surface area contributed by atoms with Gasteiger partial charge in [0.1, 0.15) is 0 Å². The lowest BCUT2D eigenvalue weighted by molar-refractivity contribution is -0.123. The molecule has 0 aliphatic carbocycles. The van der Waals surface area contributed by atoms with Gasteiger partial charge in [-0.1, -0.05) is 127 Å². The number of nitrogens with one attached hydrogen (secondary N) is 1. The van der Waals surface area contributed by atoms with Gasteiger partial charge in [-0.05, 0) is 51.4 Å². The minimum absolute atomic E-state index is 0.0758. The summed E-state index contributed by atoms with van der Waals surface area (Å²) in [6.07, 6.45) is 34.9. The number of amides is 1. The van der Waals surface area contributed by atoms with Crippen molar-refractivity contribution in [3.8, 4) is 0 Å². The second kappa shape index (κ2) is 31.7. The van der Waals surface area contributed by atoms with Crippen LogP contribution >= 0.6 is 7.82 Å². The van der Waals surface area contributed by atoms with Crippen molar-refractivity contribution in [3.63, 3.8) is 0 Å². The van der Waals surface area contributed by atoms with Crippen molar-refractivity contribution in [2.45, 2.75) is 161 Å². The highest BCUT2D eigenvalue weighted by Crippen LogP contribution is 2.43. The zero-order valence-corrected chi connectivity index (χ0v) is 29.0. The molecule has 9 heteroatoms. The first-order chi connectivity index (χ1) is 21.4. The van der Waals surface area contributed by atoms with Crippen molar-refractivity contribution < 1.29 is 28.4 Å². The largest absolute Gasteiger partial charge is 0.472 e. The molecule has 8 nitrogen and oxygen atoms in total. The van der Waals surface area contributed by atoms with E-state index in [0.29, 0.717) is 6.42 Å². The molecular formula is C35H67N2O6P. The van der Waals surface area contributed by atoms with Crippen LogP contribution in [0.15, 0.2) is 36.5 Å². The van der Waals surface area contributed by atoms with E-state index in [4.69, 9.17) is 14.8 Å². The molecule has 0 aromatic rings. The molecule has 0 heterocycles. The number of carbonyl (C=O) groups excluding carboxylic acids is 1. The molecule has 0 aromatic heterocycles. The van der Waals surface area contributed by atoms with Gasteiger partial charge in [0, 0.05) is 13.0 Å². The van der Waals surface area contributed by atoms with Crippen LogP contribution in [0.3, 0.4) is 0 Å². The normalized spacial score (nSPS) is 14.9. The van der Waals surface area contributed by atoms with E-state index < -0.39 is 20.0 Å². The molecule has 1 amide bonds. The van der Waals surface area contributed by atoms with Crippen LogP contribution in [-0.4, -0.2) is 47.8 Å². The Hall–Kier alpha value is -1.28. The Labute approximate surface area is 269 Å². The Balaban J connectivity index is 4.22. The molecule has 258 valence electrons. The van der Waals surface area contributed by atoms with Crippen LogP contribution in [0.4, 0.5) is 0 Å². The third kappa shape index (κ3) is 29.4. The molecular weight excluding hydrogens is 575 g/mol. The summed E-state index contributed by atoms with van der Waals surface area (Å²) in [5.41, 5.74) is 5.33. The van der Waals surface area contributed by atoms with Crippen molar-refractivity contribution in [2.75, 3.05) is 19.8 Å². The van der Waals surface area contributed by atoms with Gasteiger partial charge in [0.05, 0.1) is 25.4 Å². The summed E-state index contributed by atoms with van der Waals surface area (Å²) in [5, 5.41) is 13.5. The zero-order chi connectivity index (χ0) is 32.6. The first-order valence-corrected chi connectivity index (χ1v) is 19.1. The summed E-state index contributed by atoms with van der Waals surface area (Å²) >= 11 is 0. The van der Waals surface area contributed by atoms with Gasteiger partial charge in [-0.25, -0.2) is 4.57 Å². The SMILES string of the molecule is CCCCCC/C=C\C/C=C\CCCCCCCCCC(=O)NC(COP(=O)(O)OCCN)C(O)/C=C/CCCCCCC. The maximum atomic E-state index is 12.6. The van der Waals surface area contributed by atoms with Gasteiger partial charge in [0.2, 0.25) is 5.91 Å². The number of nitrogens with two attached hydrogens (primary N) is 1. The van der Waals surface area contributed by atoms with Crippen LogP contribution in [0.1, 0.15) is 149 Å². The monoisotopic (exact) mass is 642 g/mol. The van der Waals surface area contributed by atoms with Crippen LogP contribution in [0.2, 0.25) is 0 Å². The smallest absolute Gasteiger partial charge is 0.387 e. The van der Waals surface area contributed by atoms with E-state index in [1.54, 1.807) is 6.08 Å². The van der Waals surface area contributed by atoms with E-state index in [1.165, 1.54) is 77.0 Å². The fourth-order valence-electron chi connectivity index (χ4n) is 4.75. The average molecular weight is 643 g/mol. The average Bonchev–Trinajstić information content (AvgIpc) is 3.01. The number of allylic oxidation sites excluding steroid dienone is 5. The van der Waals surface area contributed by atoms with E-state index in [2.05, 4.69) is 43.5 Å². The second-order valence-electron chi connectivity index (χ2n) is 11.7. The molecule has 0 saturated heterocycles. The quantitative estimate of drug-likeness (QED) is 0.0328. The van der Waals surface area contributed by atoms with Crippen LogP contribution in [0.5, 0.6) is 0 Å². The summed E-state index contributed by atoms with van der Waals surface area (Å²) in [7, 11) is -4.32. The highest BCUT2D eigenvalue weighted by atomic mass is 31.2. The summed E-state index contributed by atoms with van der Waals surface area (Å²) in [6, 6.07) is -0.860. The van der Waals surface area contributed by atoms with E-state index in [-0.39, 0.29) is 25.7 Å². The number of phosphoric ester groups is 1. The number of aliphatic hydroxyl groups is 1. The molecule has 0 aliphatic rings. The molecule has 0 fully saturated rings. The molecule has 5 N–H and O–H groups in total. The minimum atomic E-state index is -4.32. The van der Waals surface area contributed by atoms with Crippen LogP contribution in [0.25, 0.3) is 0 Å². The molecule has 3 atom stereocenters. The molecule has 0 aliphatic heterocycles. The van der Waals surface area contributed by atoms with Crippen molar-refractivity contribution in [3.05, 3.63) is 36.5 Å². The topological polar surface area (TPSA) is 131 Å². The predicted molar refractivity (Wildman–Crippen MR) is 184 cm³/mol. The van der Waals surface area contributed by atoms with Crippen LogP contribution in [0, 0.1) is 0 Å². The minimum Gasteiger partial charge on any atom is -0.387 e. The number of aliphatic hydroxyl groups excluding tert-OH is 1. The fourth-order valence-corrected chi connectivity index (χ4v) is 5.51. The predicted octanol–water partition coefficient (Wildman–Crippen LogP) is 8.82. The Kier molecular flexibility index (Phi) is 30.8. The highest BCUT2D eigenvalue weighted by Gasteiger charge is 2.26. The molecule has 0 saturated carbocycles. The fraction of sp³-hybridized carbons (Fsp3) is 0.800. The lowest BCUT2D eigenvalue weighted by Gasteiger charge is -2.23. The van der Waals surface area contributed by atoms with Crippen LogP contribution in [-0.2, 0) is 18.4 Å². The van der Waals surface area contributed by atoms with Crippen molar-refractivity contribution in [2.24, 2.45) is 5.73 Å². The van der Waals surface area contributed by atoms with Crippen molar-refractivity contribution >= 4 is 13.7 Å². The van der Waals surface area contributed by atoms with E-state index in [0.717, 1.165) is 51.4 Å². The van der Waals surface area contributed by atoms with Gasteiger partial charge in [0.25, 0.3) is 0 Å². The highest BCUT2D eigenvalue weighted by molar-refractivity contribution is 7.47. The lowest BCUT2D eigenvalue weighted by Crippen LogP contribution is -2.45. The molecule has 44 heavy (non-hydrogen) atoms. The number of carbonyl (C=O) groups is 1. The van der Waals surface area contributed by atoms with Crippen molar-refractivity contribution in [1.82, 2.24) is 5.32 Å². The first-order valence-electron chi connectivity index (χ1n) is 17.6. The zero-order valence-electron chi connectivity index (χ0n) is 28.1. The molecule has 0 spiro atoms.